The zero-order valence-corrected chi connectivity index (χ0v) is 12.0. The van der Waals surface area contributed by atoms with E-state index in [1.54, 1.807) is 13.8 Å². The van der Waals surface area contributed by atoms with Gasteiger partial charge in [-0.3, -0.25) is 4.79 Å². The third kappa shape index (κ3) is 5.79. The second kappa shape index (κ2) is 7.50. The van der Waals surface area contributed by atoms with Gasteiger partial charge in [-0.2, -0.15) is 13.2 Å². The SMILES string of the molecule is CC(N)CC(=O)NC(C)c1ccc(C(F)(F)F)cc1.Cl. The summed E-state index contributed by atoms with van der Waals surface area (Å²) in [4.78, 5) is 11.5. The molecule has 0 bridgehead atoms. The van der Waals surface area contributed by atoms with Gasteiger partial charge in [0.25, 0.3) is 0 Å². The largest absolute Gasteiger partial charge is 0.416 e. The van der Waals surface area contributed by atoms with Crippen LogP contribution in [0.4, 0.5) is 13.2 Å². The zero-order valence-electron chi connectivity index (χ0n) is 11.2. The summed E-state index contributed by atoms with van der Waals surface area (Å²) in [6.07, 6.45) is -4.16. The molecule has 3 nitrogen and oxygen atoms in total. The van der Waals surface area contributed by atoms with E-state index in [1.807, 2.05) is 0 Å². The number of carbonyl (C=O) groups excluding carboxylic acids is 1. The van der Waals surface area contributed by atoms with Crippen LogP contribution in [0.3, 0.4) is 0 Å². The van der Waals surface area contributed by atoms with E-state index < -0.39 is 11.7 Å². The Labute approximate surface area is 122 Å². The molecule has 20 heavy (non-hydrogen) atoms. The number of nitrogens with one attached hydrogen (secondary N) is 1. The summed E-state index contributed by atoms with van der Waals surface area (Å²) in [5.74, 6) is -0.220. The highest BCUT2D eigenvalue weighted by Gasteiger charge is 2.30. The first-order valence-electron chi connectivity index (χ1n) is 5.92. The van der Waals surface area contributed by atoms with Crippen molar-refractivity contribution in [2.45, 2.75) is 38.5 Å². The van der Waals surface area contributed by atoms with Crippen LogP contribution < -0.4 is 11.1 Å². The molecule has 114 valence electrons. The summed E-state index contributed by atoms with van der Waals surface area (Å²) < 4.78 is 37.2. The average Bonchev–Trinajstić information content (AvgIpc) is 2.26. The number of rotatable bonds is 4. The summed E-state index contributed by atoms with van der Waals surface area (Å²) >= 11 is 0. The van der Waals surface area contributed by atoms with E-state index in [9.17, 15) is 18.0 Å². The molecule has 1 aromatic rings. The molecule has 0 spiro atoms. The van der Waals surface area contributed by atoms with Crippen LogP contribution in [0, 0.1) is 0 Å². The second-order valence-corrected chi connectivity index (χ2v) is 4.59. The number of amides is 1. The molecule has 1 aromatic carbocycles. The van der Waals surface area contributed by atoms with E-state index in [0.29, 0.717) is 5.56 Å². The fraction of sp³-hybridized carbons (Fsp3) is 0.462. The summed E-state index contributed by atoms with van der Waals surface area (Å²) in [6.45, 7) is 3.42. The quantitative estimate of drug-likeness (QED) is 0.898. The molecule has 0 radical (unpaired) electrons. The molecule has 0 saturated heterocycles. The van der Waals surface area contributed by atoms with Crippen LogP contribution in [-0.2, 0) is 11.0 Å². The highest BCUT2D eigenvalue weighted by molar-refractivity contribution is 5.85. The Hall–Kier alpha value is -1.27. The van der Waals surface area contributed by atoms with Crippen LogP contribution in [0.15, 0.2) is 24.3 Å². The highest BCUT2D eigenvalue weighted by atomic mass is 35.5. The lowest BCUT2D eigenvalue weighted by molar-refractivity contribution is -0.137. The lowest BCUT2D eigenvalue weighted by atomic mass is 10.1. The lowest BCUT2D eigenvalue weighted by Gasteiger charge is -2.16. The third-order valence-corrected chi connectivity index (χ3v) is 2.62. The van der Waals surface area contributed by atoms with Gasteiger partial charge in [0.1, 0.15) is 0 Å². The summed E-state index contributed by atoms with van der Waals surface area (Å²) in [5.41, 5.74) is 5.40. The first-order valence-corrected chi connectivity index (χ1v) is 5.92. The summed E-state index contributed by atoms with van der Waals surface area (Å²) in [5, 5.41) is 2.69. The summed E-state index contributed by atoms with van der Waals surface area (Å²) in [6, 6.07) is 4.13. The fourth-order valence-electron chi connectivity index (χ4n) is 1.64. The Morgan fingerprint density at radius 1 is 1.25 bits per heavy atom. The van der Waals surface area contributed by atoms with E-state index in [-0.39, 0.29) is 36.8 Å². The minimum atomic E-state index is -4.35. The first-order chi connectivity index (χ1) is 8.70. The van der Waals surface area contributed by atoms with Gasteiger partial charge in [0.2, 0.25) is 5.91 Å². The van der Waals surface area contributed by atoms with Crippen molar-refractivity contribution in [3.63, 3.8) is 0 Å². The lowest BCUT2D eigenvalue weighted by Crippen LogP contribution is -2.31. The molecule has 0 aliphatic heterocycles. The van der Waals surface area contributed by atoms with E-state index >= 15 is 0 Å². The molecule has 2 unspecified atom stereocenters. The number of halogens is 4. The van der Waals surface area contributed by atoms with Crippen molar-refractivity contribution >= 4 is 18.3 Å². The van der Waals surface area contributed by atoms with Gasteiger partial charge in [-0.15, -0.1) is 12.4 Å². The highest BCUT2D eigenvalue weighted by Crippen LogP contribution is 2.29. The number of hydrogen-bond acceptors (Lipinski definition) is 2. The van der Waals surface area contributed by atoms with E-state index in [4.69, 9.17) is 5.73 Å². The Balaban J connectivity index is 0.00000361. The van der Waals surface area contributed by atoms with Crippen LogP contribution in [-0.4, -0.2) is 11.9 Å². The maximum absolute atomic E-state index is 12.4. The molecule has 0 aromatic heterocycles. The van der Waals surface area contributed by atoms with Crippen molar-refractivity contribution in [2.24, 2.45) is 5.73 Å². The number of hydrogen-bond donors (Lipinski definition) is 2. The van der Waals surface area contributed by atoms with Crippen molar-refractivity contribution < 1.29 is 18.0 Å². The van der Waals surface area contributed by atoms with E-state index in [0.717, 1.165) is 12.1 Å². The van der Waals surface area contributed by atoms with Crippen molar-refractivity contribution in [3.8, 4) is 0 Å². The number of alkyl halides is 3. The molecule has 0 aliphatic rings. The van der Waals surface area contributed by atoms with Crippen molar-refractivity contribution in [1.29, 1.82) is 0 Å². The van der Waals surface area contributed by atoms with E-state index in [2.05, 4.69) is 5.32 Å². The molecule has 0 aliphatic carbocycles. The molecular formula is C13H18ClF3N2O. The van der Waals surface area contributed by atoms with Gasteiger partial charge in [0.15, 0.2) is 0 Å². The van der Waals surface area contributed by atoms with Gasteiger partial charge in [-0.1, -0.05) is 12.1 Å². The van der Waals surface area contributed by atoms with Crippen molar-refractivity contribution in [2.75, 3.05) is 0 Å². The Kier molecular flexibility index (Phi) is 7.02. The maximum Gasteiger partial charge on any atom is 0.416 e. The van der Waals surface area contributed by atoms with Crippen LogP contribution in [0.2, 0.25) is 0 Å². The molecule has 2 atom stereocenters. The predicted molar refractivity (Wildman–Crippen MR) is 73.5 cm³/mol. The summed E-state index contributed by atoms with van der Waals surface area (Å²) in [7, 11) is 0. The van der Waals surface area contributed by atoms with Crippen LogP contribution in [0.1, 0.15) is 37.4 Å². The normalized spacial score (nSPS) is 14.1. The monoisotopic (exact) mass is 310 g/mol. The maximum atomic E-state index is 12.4. The topological polar surface area (TPSA) is 55.1 Å². The van der Waals surface area contributed by atoms with Gasteiger partial charge in [0, 0.05) is 12.5 Å². The molecule has 7 heteroatoms. The molecular weight excluding hydrogens is 293 g/mol. The van der Waals surface area contributed by atoms with Crippen LogP contribution in [0.5, 0.6) is 0 Å². The zero-order chi connectivity index (χ0) is 14.6. The predicted octanol–water partition coefficient (Wildman–Crippen LogP) is 3.04. The average molecular weight is 311 g/mol. The van der Waals surface area contributed by atoms with Crippen molar-refractivity contribution in [1.82, 2.24) is 5.32 Å². The smallest absolute Gasteiger partial charge is 0.350 e. The molecule has 0 saturated carbocycles. The Morgan fingerprint density at radius 3 is 2.15 bits per heavy atom. The first kappa shape index (κ1) is 18.7. The number of nitrogens with two attached hydrogens (primary N) is 1. The van der Waals surface area contributed by atoms with Crippen molar-refractivity contribution in [3.05, 3.63) is 35.4 Å². The Morgan fingerprint density at radius 2 is 1.75 bits per heavy atom. The van der Waals surface area contributed by atoms with E-state index in [1.165, 1.54) is 12.1 Å². The van der Waals surface area contributed by atoms with Gasteiger partial charge in [-0.05, 0) is 31.5 Å². The van der Waals surface area contributed by atoms with Gasteiger partial charge >= 0.3 is 6.18 Å². The molecule has 1 amide bonds. The number of carbonyl (C=O) groups is 1. The Bertz CT molecular complexity index is 432. The van der Waals surface area contributed by atoms with Gasteiger partial charge in [-0.25, -0.2) is 0 Å². The minimum Gasteiger partial charge on any atom is -0.350 e. The molecule has 1 rings (SSSR count). The molecule has 3 N–H and O–H groups in total. The fourth-order valence-corrected chi connectivity index (χ4v) is 1.64. The molecule has 0 fully saturated rings. The minimum absolute atomic E-state index is 0. The number of benzene rings is 1. The third-order valence-electron chi connectivity index (χ3n) is 2.62. The van der Waals surface area contributed by atoms with Crippen LogP contribution >= 0.6 is 12.4 Å². The second-order valence-electron chi connectivity index (χ2n) is 4.59. The van der Waals surface area contributed by atoms with Crippen LogP contribution in [0.25, 0.3) is 0 Å². The van der Waals surface area contributed by atoms with Gasteiger partial charge < -0.3 is 11.1 Å². The van der Waals surface area contributed by atoms with Gasteiger partial charge in [0.05, 0.1) is 11.6 Å². The standard InChI is InChI=1S/C13H17F3N2O.ClH/c1-8(17)7-12(19)18-9(2)10-3-5-11(6-4-10)13(14,15)16;/h3-6,8-9H,7,17H2,1-2H3,(H,18,19);1H. The molecule has 0 heterocycles.